The minimum atomic E-state index is -0.476. The molecule has 0 aromatic heterocycles. The molecule has 2 aromatic rings. The standard InChI is InChI=1S/C23H22N2O5/c1-14-6-11-18(20(12-14)25(28)29)24-19-4-3-5-21(26)23(19)17(13-22(24)27)15-7-9-16(30-2)10-8-15/h6-12,17H,3-5,13H2,1-2H3. The first-order chi connectivity index (χ1) is 14.4. The number of benzene rings is 2. The molecule has 7 heteroatoms. The molecule has 0 spiro atoms. The van der Waals surface area contributed by atoms with Gasteiger partial charge in [0.1, 0.15) is 11.4 Å². The Labute approximate surface area is 174 Å². The monoisotopic (exact) mass is 406 g/mol. The Hall–Kier alpha value is -3.48. The van der Waals surface area contributed by atoms with Gasteiger partial charge in [0.25, 0.3) is 5.69 Å². The highest BCUT2D eigenvalue weighted by molar-refractivity contribution is 6.08. The summed E-state index contributed by atoms with van der Waals surface area (Å²) < 4.78 is 5.21. The van der Waals surface area contributed by atoms with Gasteiger partial charge in [0, 0.05) is 36.1 Å². The summed E-state index contributed by atoms with van der Waals surface area (Å²) in [6.07, 6.45) is 1.66. The number of amides is 1. The maximum absolute atomic E-state index is 13.3. The number of nitro groups is 1. The third kappa shape index (κ3) is 3.36. The number of anilines is 1. The smallest absolute Gasteiger partial charge is 0.293 e. The van der Waals surface area contributed by atoms with Crippen LogP contribution in [0.5, 0.6) is 5.75 Å². The lowest BCUT2D eigenvalue weighted by atomic mass is 9.77. The second-order valence-electron chi connectivity index (χ2n) is 7.65. The molecule has 1 atom stereocenters. The molecule has 1 unspecified atom stereocenters. The molecule has 1 aliphatic heterocycles. The zero-order valence-corrected chi connectivity index (χ0v) is 16.9. The number of carbonyl (C=O) groups is 2. The van der Waals surface area contributed by atoms with E-state index in [-0.39, 0.29) is 35.4 Å². The van der Waals surface area contributed by atoms with Gasteiger partial charge in [-0.15, -0.1) is 0 Å². The average molecular weight is 406 g/mol. The Morgan fingerprint density at radius 1 is 1.10 bits per heavy atom. The summed E-state index contributed by atoms with van der Waals surface area (Å²) in [6.45, 7) is 1.77. The van der Waals surface area contributed by atoms with Crippen LogP contribution >= 0.6 is 0 Å². The number of hydrogen-bond acceptors (Lipinski definition) is 5. The van der Waals surface area contributed by atoms with Crippen molar-refractivity contribution in [2.24, 2.45) is 0 Å². The number of ketones is 1. The number of hydrogen-bond donors (Lipinski definition) is 0. The largest absolute Gasteiger partial charge is 0.497 e. The molecular weight excluding hydrogens is 384 g/mol. The maximum Gasteiger partial charge on any atom is 0.293 e. The van der Waals surface area contributed by atoms with E-state index in [1.807, 2.05) is 24.3 Å². The highest BCUT2D eigenvalue weighted by Crippen LogP contribution is 2.45. The Morgan fingerprint density at radius 2 is 1.83 bits per heavy atom. The number of ether oxygens (including phenoxy) is 1. The summed E-state index contributed by atoms with van der Waals surface area (Å²) in [6, 6.07) is 12.2. The number of nitro benzene ring substituents is 1. The van der Waals surface area contributed by atoms with Crippen molar-refractivity contribution in [3.05, 3.63) is 75.0 Å². The van der Waals surface area contributed by atoms with Gasteiger partial charge in [-0.3, -0.25) is 24.6 Å². The van der Waals surface area contributed by atoms with E-state index in [4.69, 9.17) is 4.74 Å². The van der Waals surface area contributed by atoms with Gasteiger partial charge < -0.3 is 4.74 Å². The van der Waals surface area contributed by atoms with Gasteiger partial charge >= 0.3 is 0 Å². The van der Waals surface area contributed by atoms with Crippen LogP contribution in [-0.2, 0) is 9.59 Å². The van der Waals surface area contributed by atoms with Crippen molar-refractivity contribution < 1.29 is 19.2 Å². The van der Waals surface area contributed by atoms with E-state index in [0.29, 0.717) is 36.3 Å². The molecule has 0 saturated carbocycles. The van der Waals surface area contributed by atoms with E-state index in [2.05, 4.69) is 0 Å². The van der Waals surface area contributed by atoms with Gasteiger partial charge in [0.2, 0.25) is 5.91 Å². The molecule has 154 valence electrons. The van der Waals surface area contributed by atoms with Crippen molar-refractivity contribution in [2.45, 2.75) is 38.5 Å². The SMILES string of the molecule is COc1ccc(C2CC(=O)N(c3ccc(C)cc3[N+](=O)[O-])C3=C2C(=O)CCC3)cc1. The second-order valence-corrected chi connectivity index (χ2v) is 7.65. The van der Waals surface area contributed by atoms with Crippen molar-refractivity contribution in [1.82, 2.24) is 0 Å². The van der Waals surface area contributed by atoms with Crippen LogP contribution < -0.4 is 9.64 Å². The van der Waals surface area contributed by atoms with E-state index in [1.165, 1.54) is 11.0 Å². The van der Waals surface area contributed by atoms with Crippen molar-refractivity contribution in [3.63, 3.8) is 0 Å². The van der Waals surface area contributed by atoms with E-state index in [9.17, 15) is 19.7 Å². The summed E-state index contributed by atoms with van der Waals surface area (Å²) in [5.74, 6) is 0.106. The normalized spacial score (nSPS) is 19.0. The van der Waals surface area contributed by atoms with Gasteiger partial charge in [-0.05, 0) is 49.1 Å². The van der Waals surface area contributed by atoms with Crippen LogP contribution in [0.3, 0.4) is 0 Å². The number of aryl methyl sites for hydroxylation is 1. The molecule has 2 aromatic carbocycles. The predicted octanol–water partition coefficient (Wildman–Crippen LogP) is 4.44. The number of methoxy groups -OCH3 is 1. The Morgan fingerprint density at radius 3 is 2.50 bits per heavy atom. The molecule has 2 aliphatic rings. The Bertz CT molecular complexity index is 1070. The first kappa shape index (κ1) is 19.8. The number of Topliss-reactive ketones (excluding diaryl/α,β-unsaturated/α-hetero) is 1. The summed E-state index contributed by atoms with van der Waals surface area (Å²) in [5.41, 5.74) is 2.89. The summed E-state index contributed by atoms with van der Waals surface area (Å²) in [4.78, 5) is 38.8. The van der Waals surface area contributed by atoms with E-state index in [1.54, 1.807) is 26.2 Å². The quantitative estimate of drug-likeness (QED) is 0.553. The molecule has 0 N–H and O–H groups in total. The molecule has 0 radical (unpaired) electrons. The van der Waals surface area contributed by atoms with E-state index >= 15 is 0 Å². The van der Waals surface area contributed by atoms with Crippen LogP contribution in [0.1, 0.15) is 42.7 Å². The van der Waals surface area contributed by atoms with Gasteiger partial charge in [-0.1, -0.05) is 18.2 Å². The fraction of sp³-hybridized carbons (Fsp3) is 0.304. The fourth-order valence-corrected chi connectivity index (χ4v) is 4.36. The summed E-state index contributed by atoms with van der Waals surface area (Å²) in [7, 11) is 1.58. The zero-order valence-electron chi connectivity index (χ0n) is 16.9. The van der Waals surface area contributed by atoms with Gasteiger partial charge in [-0.25, -0.2) is 0 Å². The summed E-state index contributed by atoms with van der Waals surface area (Å²) >= 11 is 0. The number of allylic oxidation sites excluding steroid dienone is 2. The van der Waals surface area contributed by atoms with Crippen molar-refractivity contribution in [2.75, 3.05) is 12.0 Å². The van der Waals surface area contributed by atoms with Crippen LogP contribution in [0.4, 0.5) is 11.4 Å². The molecule has 7 nitrogen and oxygen atoms in total. The first-order valence-electron chi connectivity index (χ1n) is 9.89. The van der Waals surface area contributed by atoms with Gasteiger partial charge in [0.05, 0.1) is 12.0 Å². The molecule has 1 aliphatic carbocycles. The molecule has 0 fully saturated rings. The fourth-order valence-electron chi connectivity index (χ4n) is 4.36. The lowest BCUT2D eigenvalue weighted by molar-refractivity contribution is -0.384. The number of nitrogens with zero attached hydrogens (tertiary/aromatic N) is 2. The molecule has 1 amide bonds. The molecule has 30 heavy (non-hydrogen) atoms. The first-order valence-corrected chi connectivity index (χ1v) is 9.89. The van der Waals surface area contributed by atoms with Gasteiger partial charge in [0.15, 0.2) is 5.78 Å². The van der Waals surface area contributed by atoms with Crippen LogP contribution in [0.2, 0.25) is 0 Å². The lowest BCUT2D eigenvalue weighted by Crippen LogP contribution is -2.40. The second kappa shape index (κ2) is 7.74. The maximum atomic E-state index is 13.3. The lowest BCUT2D eigenvalue weighted by Gasteiger charge is -2.38. The minimum absolute atomic E-state index is 0.00401. The highest BCUT2D eigenvalue weighted by Gasteiger charge is 2.41. The topological polar surface area (TPSA) is 89.8 Å². The van der Waals surface area contributed by atoms with Gasteiger partial charge in [-0.2, -0.15) is 0 Å². The van der Waals surface area contributed by atoms with Crippen LogP contribution in [0, 0.1) is 17.0 Å². The molecule has 4 rings (SSSR count). The number of rotatable bonds is 4. The number of carbonyl (C=O) groups excluding carboxylic acids is 2. The van der Waals surface area contributed by atoms with Crippen LogP contribution in [0.25, 0.3) is 0 Å². The average Bonchev–Trinajstić information content (AvgIpc) is 2.74. The molecule has 0 saturated heterocycles. The van der Waals surface area contributed by atoms with Crippen LogP contribution in [0.15, 0.2) is 53.7 Å². The third-order valence-corrected chi connectivity index (χ3v) is 5.76. The Balaban J connectivity index is 1.87. The molecular formula is C23H22N2O5. The minimum Gasteiger partial charge on any atom is -0.497 e. The van der Waals surface area contributed by atoms with Crippen molar-refractivity contribution in [1.29, 1.82) is 0 Å². The van der Waals surface area contributed by atoms with Crippen molar-refractivity contribution in [3.8, 4) is 5.75 Å². The Kier molecular flexibility index (Phi) is 5.11. The highest BCUT2D eigenvalue weighted by atomic mass is 16.6. The summed E-state index contributed by atoms with van der Waals surface area (Å²) in [5, 5.41) is 11.7. The predicted molar refractivity (Wildman–Crippen MR) is 112 cm³/mol. The third-order valence-electron chi connectivity index (χ3n) is 5.76. The zero-order chi connectivity index (χ0) is 21.4. The molecule has 0 bridgehead atoms. The van der Waals surface area contributed by atoms with Crippen molar-refractivity contribution >= 4 is 23.1 Å². The van der Waals surface area contributed by atoms with Crippen LogP contribution in [-0.4, -0.2) is 23.7 Å². The van der Waals surface area contributed by atoms with E-state index in [0.717, 1.165) is 11.1 Å². The van der Waals surface area contributed by atoms with E-state index < -0.39 is 4.92 Å². The molecule has 1 heterocycles.